The number of allylic oxidation sites excluding steroid dienone is 1. The normalized spacial score (nSPS) is 27.1. The minimum atomic E-state index is 0.487. The SMILES string of the molecule is [CH+]=C1CCC(C(C)(C)C)CC1. The highest BCUT2D eigenvalue weighted by atomic mass is 14.3. The van der Waals surface area contributed by atoms with Crippen molar-refractivity contribution in [3.8, 4) is 0 Å². The lowest BCUT2D eigenvalue weighted by Gasteiger charge is -2.32. The molecule has 0 unspecified atom stereocenters. The van der Waals surface area contributed by atoms with Crippen molar-refractivity contribution in [2.24, 2.45) is 11.3 Å². The second-order valence-electron chi connectivity index (χ2n) is 4.80. The molecule has 1 aliphatic rings. The van der Waals surface area contributed by atoms with Crippen LogP contribution in [-0.2, 0) is 0 Å². The van der Waals surface area contributed by atoms with Gasteiger partial charge in [-0.2, -0.15) is 0 Å². The molecule has 1 saturated carbocycles. The lowest BCUT2D eigenvalue weighted by molar-refractivity contribution is 0.197. The van der Waals surface area contributed by atoms with Crippen LogP contribution in [0.2, 0.25) is 0 Å². The van der Waals surface area contributed by atoms with Crippen molar-refractivity contribution < 1.29 is 0 Å². The fraction of sp³-hybridized carbons (Fsp3) is 0.818. The Morgan fingerprint density at radius 1 is 1.18 bits per heavy atom. The van der Waals surface area contributed by atoms with Crippen LogP contribution in [0.5, 0.6) is 0 Å². The third-order valence-corrected chi connectivity index (χ3v) is 2.85. The maximum Gasteiger partial charge on any atom is 0.205 e. The van der Waals surface area contributed by atoms with Gasteiger partial charge in [0.05, 0.1) is 0 Å². The van der Waals surface area contributed by atoms with E-state index < -0.39 is 0 Å². The topological polar surface area (TPSA) is 0 Å². The van der Waals surface area contributed by atoms with Crippen LogP contribution in [0, 0.1) is 17.9 Å². The third kappa shape index (κ3) is 2.31. The first-order chi connectivity index (χ1) is 5.00. The average molecular weight is 151 g/mol. The van der Waals surface area contributed by atoms with Crippen LogP contribution >= 0.6 is 0 Å². The molecule has 0 aromatic heterocycles. The lowest BCUT2D eigenvalue weighted by atomic mass is 9.71. The highest BCUT2D eigenvalue weighted by molar-refractivity contribution is 4.97. The Labute approximate surface area is 70.7 Å². The van der Waals surface area contributed by atoms with Gasteiger partial charge in [-0.3, -0.25) is 0 Å². The molecule has 0 atom stereocenters. The summed E-state index contributed by atoms with van der Waals surface area (Å²) in [6, 6.07) is 0. The summed E-state index contributed by atoms with van der Waals surface area (Å²) in [6.07, 6.45) is 4.91. The first-order valence-electron chi connectivity index (χ1n) is 4.60. The number of rotatable bonds is 0. The predicted molar refractivity (Wildman–Crippen MR) is 49.2 cm³/mol. The molecule has 0 heteroatoms. The zero-order chi connectivity index (χ0) is 8.48. The molecule has 0 saturated heterocycles. The Balaban J connectivity index is 2.45. The van der Waals surface area contributed by atoms with Gasteiger partial charge in [-0.05, 0) is 24.2 Å². The molecular weight excluding hydrogens is 132 g/mol. The molecule has 1 fully saturated rings. The highest BCUT2D eigenvalue weighted by Crippen LogP contribution is 2.38. The van der Waals surface area contributed by atoms with Crippen molar-refractivity contribution in [2.75, 3.05) is 0 Å². The molecule has 0 N–H and O–H groups in total. The Morgan fingerprint density at radius 2 is 1.64 bits per heavy atom. The molecule has 0 bridgehead atoms. The average Bonchev–Trinajstić information content (AvgIpc) is 1.86. The second kappa shape index (κ2) is 2.95. The molecule has 11 heavy (non-hydrogen) atoms. The molecule has 0 aliphatic heterocycles. The van der Waals surface area contributed by atoms with Crippen molar-refractivity contribution in [3.63, 3.8) is 0 Å². The van der Waals surface area contributed by atoms with Crippen LogP contribution in [0.25, 0.3) is 0 Å². The van der Waals surface area contributed by atoms with Crippen molar-refractivity contribution in [3.05, 3.63) is 12.2 Å². The van der Waals surface area contributed by atoms with Gasteiger partial charge in [0, 0.05) is 12.8 Å². The molecule has 0 radical (unpaired) electrons. The van der Waals surface area contributed by atoms with Gasteiger partial charge in [0.25, 0.3) is 0 Å². The van der Waals surface area contributed by atoms with Crippen LogP contribution in [0.15, 0.2) is 5.57 Å². The zero-order valence-electron chi connectivity index (χ0n) is 7.98. The van der Waals surface area contributed by atoms with Crippen molar-refractivity contribution in [1.29, 1.82) is 0 Å². The smallest absolute Gasteiger partial charge is 0.0599 e. The highest BCUT2D eigenvalue weighted by Gasteiger charge is 2.29. The molecule has 0 spiro atoms. The fourth-order valence-electron chi connectivity index (χ4n) is 1.85. The standard InChI is InChI=1S/C11H19/c1-9-5-7-10(8-6-9)11(2,3)4/h1,10H,5-8H2,2-4H3/q+1. The first kappa shape index (κ1) is 8.74. The maximum absolute atomic E-state index is 5.76. The summed E-state index contributed by atoms with van der Waals surface area (Å²) < 4.78 is 0. The van der Waals surface area contributed by atoms with Crippen LogP contribution in [0.3, 0.4) is 0 Å². The van der Waals surface area contributed by atoms with E-state index in [1.165, 1.54) is 18.4 Å². The van der Waals surface area contributed by atoms with Crippen molar-refractivity contribution in [1.82, 2.24) is 0 Å². The van der Waals surface area contributed by atoms with Crippen molar-refractivity contribution >= 4 is 0 Å². The molecule has 0 amide bonds. The summed E-state index contributed by atoms with van der Waals surface area (Å²) >= 11 is 0. The number of hydrogen-bond donors (Lipinski definition) is 0. The quantitative estimate of drug-likeness (QED) is 0.464. The van der Waals surface area contributed by atoms with Crippen molar-refractivity contribution in [2.45, 2.75) is 46.5 Å². The Kier molecular flexibility index (Phi) is 2.34. The predicted octanol–water partition coefficient (Wildman–Crippen LogP) is 3.58. The van der Waals surface area contributed by atoms with Gasteiger partial charge in [-0.1, -0.05) is 20.8 Å². The van der Waals surface area contributed by atoms with Gasteiger partial charge in [-0.25, -0.2) is 0 Å². The maximum atomic E-state index is 5.76. The molecule has 0 aromatic rings. The van der Waals surface area contributed by atoms with Crippen LogP contribution in [-0.4, -0.2) is 0 Å². The molecular formula is C11H19+. The largest absolute Gasteiger partial charge is 0.205 e. The van der Waals surface area contributed by atoms with Gasteiger partial charge in [0.1, 0.15) is 0 Å². The molecule has 0 heterocycles. The minimum Gasteiger partial charge on any atom is -0.0599 e. The van der Waals surface area contributed by atoms with E-state index in [1.807, 2.05) is 0 Å². The van der Waals surface area contributed by atoms with E-state index in [1.54, 1.807) is 0 Å². The van der Waals surface area contributed by atoms with E-state index in [9.17, 15) is 0 Å². The summed E-state index contributed by atoms with van der Waals surface area (Å²) in [4.78, 5) is 0. The fourth-order valence-corrected chi connectivity index (χ4v) is 1.85. The van der Waals surface area contributed by atoms with E-state index in [0.29, 0.717) is 5.41 Å². The molecule has 1 aliphatic carbocycles. The zero-order valence-corrected chi connectivity index (χ0v) is 7.98. The number of hydrogen-bond acceptors (Lipinski definition) is 0. The summed E-state index contributed by atoms with van der Waals surface area (Å²) in [6.45, 7) is 12.8. The van der Waals surface area contributed by atoms with E-state index in [2.05, 4.69) is 20.8 Å². The molecule has 62 valence electrons. The van der Waals surface area contributed by atoms with Crippen LogP contribution in [0.4, 0.5) is 0 Å². The Hall–Kier alpha value is -0.350. The van der Waals surface area contributed by atoms with E-state index >= 15 is 0 Å². The molecule has 0 aromatic carbocycles. The Bertz CT molecular complexity index is 138. The molecule has 0 nitrogen and oxygen atoms in total. The van der Waals surface area contributed by atoms with Crippen LogP contribution in [0.1, 0.15) is 46.5 Å². The molecule has 1 rings (SSSR count). The lowest BCUT2D eigenvalue weighted by Crippen LogP contribution is -2.23. The monoisotopic (exact) mass is 151 g/mol. The van der Waals surface area contributed by atoms with Gasteiger partial charge in [-0.15, -0.1) is 0 Å². The summed E-state index contributed by atoms with van der Waals surface area (Å²) in [5.74, 6) is 0.884. The third-order valence-electron chi connectivity index (χ3n) is 2.85. The van der Waals surface area contributed by atoms with E-state index in [4.69, 9.17) is 6.58 Å². The minimum absolute atomic E-state index is 0.487. The van der Waals surface area contributed by atoms with Crippen LogP contribution < -0.4 is 0 Å². The Morgan fingerprint density at radius 3 is 2.00 bits per heavy atom. The summed E-state index contributed by atoms with van der Waals surface area (Å²) in [5.41, 5.74) is 1.70. The van der Waals surface area contributed by atoms with Gasteiger partial charge in [0.15, 0.2) is 5.57 Å². The van der Waals surface area contributed by atoms with Gasteiger partial charge in [0.2, 0.25) is 6.58 Å². The van der Waals surface area contributed by atoms with Gasteiger partial charge < -0.3 is 0 Å². The summed E-state index contributed by atoms with van der Waals surface area (Å²) in [5, 5.41) is 0. The van der Waals surface area contributed by atoms with E-state index in [-0.39, 0.29) is 0 Å². The first-order valence-corrected chi connectivity index (χ1v) is 4.60. The second-order valence-corrected chi connectivity index (χ2v) is 4.80. The summed E-state index contributed by atoms with van der Waals surface area (Å²) in [7, 11) is 0. The van der Waals surface area contributed by atoms with Gasteiger partial charge >= 0.3 is 0 Å². The van der Waals surface area contributed by atoms with E-state index in [0.717, 1.165) is 18.8 Å².